The molecule has 1 aliphatic heterocycles. The van der Waals surface area contributed by atoms with Crippen molar-refractivity contribution in [3.63, 3.8) is 0 Å². The van der Waals surface area contributed by atoms with Gasteiger partial charge in [-0.15, -0.1) is 0 Å². The van der Waals surface area contributed by atoms with Gasteiger partial charge in [0.2, 0.25) is 0 Å². The Morgan fingerprint density at radius 3 is 2.80 bits per heavy atom. The van der Waals surface area contributed by atoms with Crippen molar-refractivity contribution < 1.29 is 14.5 Å². The third-order valence-electron chi connectivity index (χ3n) is 3.16. The van der Waals surface area contributed by atoms with Crippen LogP contribution in [0.2, 0.25) is 0 Å². The number of nitro benzene ring substituents is 1. The smallest absolute Gasteiger partial charge is 0.282 e. The Labute approximate surface area is 116 Å². The van der Waals surface area contributed by atoms with Crippen molar-refractivity contribution in [1.82, 2.24) is 4.90 Å². The monoisotopic (exact) mass is 279 g/mol. The van der Waals surface area contributed by atoms with Gasteiger partial charge in [0, 0.05) is 24.8 Å². The molecule has 20 heavy (non-hydrogen) atoms. The molecule has 7 nitrogen and oxygen atoms in total. The topological polar surface area (TPSA) is 98.7 Å². The minimum atomic E-state index is -0.571. The third kappa shape index (κ3) is 2.88. The summed E-state index contributed by atoms with van der Waals surface area (Å²) < 4.78 is 5.53. The quantitative estimate of drug-likeness (QED) is 0.501. The van der Waals surface area contributed by atoms with E-state index in [0.29, 0.717) is 25.4 Å². The largest absolute Gasteiger partial charge is 0.399 e. The van der Waals surface area contributed by atoms with E-state index in [1.807, 2.05) is 13.8 Å². The van der Waals surface area contributed by atoms with Crippen LogP contribution in [0, 0.1) is 10.1 Å². The Balaban J connectivity index is 2.33. The molecule has 0 aliphatic carbocycles. The number of carbonyl (C=O) groups excluding carboxylic acids is 1. The first kappa shape index (κ1) is 14.3. The van der Waals surface area contributed by atoms with Gasteiger partial charge in [0.1, 0.15) is 5.56 Å². The molecule has 2 N–H and O–H groups in total. The number of ether oxygens (including phenoxy) is 1. The van der Waals surface area contributed by atoms with E-state index in [-0.39, 0.29) is 17.2 Å². The molecule has 1 aliphatic rings. The molecule has 0 spiro atoms. The van der Waals surface area contributed by atoms with E-state index in [0.717, 1.165) is 0 Å². The summed E-state index contributed by atoms with van der Waals surface area (Å²) in [5, 5.41) is 11.0. The molecule has 1 amide bonds. The zero-order valence-corrected chi connectivity index (χ0v) is 11.5. The summed E-state index contributed by atoms with van der Waals surface area (Å²) in [4.78, 5) is 24.5. The summed E-state index contributed by atoms with van der Waals surface area (Å²) in [6.45, 7) is 4.96. The first-order valence-corrected chi connectivity index (χ1v) is 6.27. The second kappa shape index (κ2) is 5.09. The predicted molar refractivity (Wildman–Crippen MR) is 73.4 cm³/mol. The molecule has 1 heterocycles. The normalized spacial score (nSPS) is 17.8. The highest BCUT2D eigenvalue weighted by Crippen LogP contribution is 2.25. The predicted octanol–water partition coefficient (Wildman–Crippen LogP) is 1.43. The number of benzene rings is 1. The molecule has 1 aromatic rings. The summed E-state index contributed by atoms with van der Waals surface area (Å²) in [7, 11) is 0. The highest BCUT2D eigenvalue weighted by molar-refractivity contribution is 5.99. The van der Waals surface area contributed by atoms with Gasteiger partial charge in [-0.3, -0.25) is 14.9 Å². The zero-order valence-electron chi connectivity index (χ0n) is 11.5. The van der Waals surface area contributed by atoms with Gasteiger partial charge in [-0.1, -0.05) is 0 Å². The second-order valence-corrected chi connectivity index (χ2v) is 5.37. The molecule has 1 fully saturated rings. The van der Waals surface area contributed by atoms with E-state index in [4.69, 9.17) is 10.5 Å². The lowest BCUT2D eigenvalue weighted by Gasteiger charge is -2.38. The van der Waals surface area contributed by atoms with Crippen LogP contribution < -0.4 is 5.73 Å². The van der Waals surface area contributed by atoms with Crippen LogP contribution in [0.5, 0.6) is 0 Å². The molecule has 0 aromatic heterocycles. The number of morpholine rings is 1. The summed E-state index contributed by atoms with van der Waals surface area (Å²) in [5.74, 6) is -0.389. The van der Waals surface area contributed by atoms with Crippen molar-refractivity contribution in [1.29, 1.82) is 0 Å². The highest BCUT2D eigenvalue weighted by atomic mass is 16.6. The van der Waals surface area contributed by atoms with Crippen LogP contribution in [-0.4, -0.2) is 41.0 Å². The lowest BCUT2D eigenvalue weighted by molar-refractivity contribution is -0.385. The van der Waals surface area contributed by atoms with Crippen LogP contribution in [0.3, 0.4) is 0 Å². The summed E-state index contributed by atoms with van der Waals surface area (Å²) in [6.07, 6.45) is 0. The van der Waals surface area contributed by atoms with Crippen LogP contribution in [0.4, 0.5) is 11.4 Å². The average molecular weight is 279 g/mol. The number of carbonyl (C=O) groups is 1. The molecule has 1 aromatic carbocycles. The molecule has 1 saturated heterocycles. The van der Waals surface area contributed by atoms with Gasteiger partial charge in [0.05, 0.1) is 17.1 Å². The lowest BCUT2D eigenvalue weighted by atomic mass is 10.1. The number of rotatable bonds is 2. The maximum atomic E-state index is 12.5. The molecule has 108 valence electrons. The number of hydrogen-bond donors (Lipinski definition) is 1. The summed E-state index contributed by atoms with van der Waals surface area (Å²) >= 11 is 0. The van der Waals surface area contributed by atoms with Crippen LogP contribution in [0.25, 0.3) is 0 Å². The number of nitrogen functional groups attached to an aromatic ring is 1. The third-order valence-corrected chi connectivity index (χ3v) is 3.16. The van der Waals surface area contributed by atoms with Crippen molar-refractivity contribution in [2.75, 3.05) is 25.4 Å². The Bertz CT molecular complexity index is 557. The number of hydrogen-bond acceptors (Lipinski definition) is 5. The first-order valence-electron chi connectivity index (χ1n) is 6.27. The molecule has 0 saturated carbocycles. The molecular weight excluding hydrogens is 262 g/mol. The molecule has 0 unspecified atom stereocenters. The molecule has 0 atom stereocenters. The standard InChI is InChI=1S/C13H17N3O4/c1-13(2)8-15(5-6-20-13)12(17)10-7-9(14)3-4-11(10)16(18)19/h3-4,7H,5-6,8,14H2,1-2H3. The number of anilines is 1. The number of amides is 1. The van der Waals surface area contributed by atoms with E-state index in [1.54, 1.807) is 4.90 Å². The minimum Gasteiger partial charge on any atom is -0.399 e. The fraction of sp³-hybridized carbons (Fsp3) is 0.462. The van der Waals surface area contributed by atoms with Crippen molar-refractivity contribution in [2.45, 2.75) is 19.4 Å². The molecule has 2 rings (SSSR count). The Morgan fingerprint density at radius 2 is 2.20 bits per heavy atom. The fourth-order valence-corrected chi connectivity index (χ4v) is 2.24. The number of nitrogens with zero attached hydrogens (tertiary/aromatic N) is 2. The van der Waals surface area contributed by atoms with E-state index in [9.17, 15) is 14.9 Å². The van der Waals surface area contributed by atoms with Gasteiger partial charge in [-0.25, -0.2) is 0 Å². The van der Waals surface area contributed by atoms with E-state index >= 15 is 0 Å². The van der Waals surface area contributed by atoms with Crippen molar-refractivity contribution in [3.05, 3.63) is 33.9 Å². The van der Waals surface area contributed by atoms with Crippen molar-refractivity contribution >= 4 is 17.3 Å². The van der Waals surface area contributed by atoms with Crippen LogP contribution in [0.15, 0.2) is 18.2 Å². The Hall–Kier alpha value is -2.15. The van der Waals surface area contributed by atoms with Crippen molar-refractivity contribution in [3.8, 4) is 0 Å². The van der Waals surface area contributed by atoms with Gasteiger partial charge in [0.15, 0.2) is 0 Å². The average Bonchev–Trinajstić information content (AvgIpc) is 2.36. The number of nitrogens with two attached hydrogens (primary N) is 1. The summed E-state index contributed by atoms with van der Waals surface area (Å²) in [6, 6.07) is 4.02. The van der Waals surface area contributed by atoms with Crippen LogP contribution in [-0.2, 0) is 4.74 Å². The maximum Gasteiger partial charge on any atom is 0.282 e. The summed E-state index contributed by atoms with van der Waals surface area (Å²) in [5.41, 5.74) is 5.29. The van der Waals surface area contributed by atoms with Gasteiger partial charge in [-0.2, -0.15) is 0 Å². The molecule has 0 radical (unpaired) electrons. The highest BCUT2D eigenvalue weighted by Gasteiger charge is 2.33. The lowest BCUT2D eigenvalue weighted by Crippen LogP contribution is -2.50. The molecular formula is C13H17N3O4. The van der Waals surface area contributed by atoms with Gasteiger partial charge in [0.25, 0.3) is 11.6 Å². The molecule has 7 heteroatoms. The van der Waals surface area contributed by atoms with E-state index in [1.165, 1.54) is 18.2 Å². The zero-order chi connectivity index (χ0) is 14.9. The Kier molecular flexibility index (Phi) is 3.63. The number of nitro groups is 1. The van der Waals surface area contributed by atoms with Crippen LogP contribution in [0.1, 0.15) is 24.2 Å². The van der Waals surface area contributed by atoms with Crippen molar-refractivity contribution in [2.24, 2.45) is 0 Å². The van der Waals surface area contributed by atoms with Gasteiger partial charge in [-0.05, 0) is 26.0 Å². The van der Waals surface area contributed by atoms with E-state index in [2.05, 4.69) is 0 Å². The van der Waals surface area contributed by atoms with Gasteiger partial charge >= 0.3 is 0 Å². The fourth-order valence-electron chi connectivity index (χ4n) is 2.24. The maximum absolute atomic E-state index is 12.5. The van der Waals surface area contributed by atoms with Gasteiger partial charge < -0.3 is 15.4 Å². The minimum absolute atomic E-state index is 0.0210. The first-order chi connectivity index (χ1) is 9.30. The molecule has 0 bridgehead atoms. The second-order valence-electron chi connectivity index (χ2n) is 5.37. The van der Waals surface area contributed by atoms with Crippen LogP contribution >= 0.6 is 0 Å². The Morgan fingerprint density at radius 1 is 1.50 bits per heavy atom. The SMILES string of the molecule is CC1(C)CN(C(=O)c2cc(N)ccc2[N+](=O)[O-])CCO1. The van der Waals surface area contributed by atoms with E-state index < -0.39 is 10.5 Å².